The van der Waals surface area contributed by atoms with Crippen molar-refractivity contribution >= 4 is 31.6 Å². The van der Waals surface area contributed by atoms with Crippen LogP contribution < -0.4 is 3.71 Å². The third kappa shape index (κ3) is 6.55. The molecule has 3 rings (SSSR count). The van der Waals surface area contributed by atoms with Crippen molar-refractivity contribution in [2.75, 3.05) is 42.9 Å². The number of carbonyl (C=O) groups is 1. The number of sulfonamides is 2. The van der Waals surface area contributed by atoms with Gasteiger partial charge in [-0.2, -0.15) is 3.71 Å². The van der Waals surface area contributed by atoms with Gasteiger partial charge in [0.15, 0.2) is 0 Å². The summed E-state index contributed by atoms with van der Waals surface area (Å²) in [6.45, 7) is 2.83. The zero-order chi connectivity index (χ0) is 24.2. The van der Waals surface area contributed by atoms with E-state index >= 15 is 0 Å². The number of carbonyl (C=O) groups excluding carboxylic acids is 1. The molecule has 2 aromatic rings. The number of amides is 1. The van der Waals surface area contributed by atoms with Gasteiger partial charge in [-0.15, -0.1) is 0 Å². The van der Waals surface area contributed by atoms with Gasteiger partial charge in [-0.25, -0.2) is 16.8 Å². The first-order valence-corrected chi connectivity index (χ1v) is 14.5. The lowest BCUT2D eigenvalue weighted by Crippen LogP contribution is -2.39. The topological polar surface area (TPSA) is 95.1 Å². The molecule has 1 aliphatic heterocycles. The van der Waals surface area contributed by atoms with E-state index in [0.717, 1.165) is 37.7 Å². The van der Waals surface area contributed by atoms with Crippen LogP contribution in [-0.2, 0) is 31.3 Å². The summed E-state index contributed by atoms with van der Waals surface area (Å²) in [6, 6.07) is 15.9. The van der Waals surface area contributed by atoms with Crippen molar-refractivity contribution < 1.29 is 21.6 Å². The number of nitrogens with zero attached hydrogens (tertiary/aromatic N) is 3. The van der Waals surface area contributed by atoms with Gasteiger partial charge in [0.2, 0.25) is 26.0 Å². The van der Waals surface area contributed by atoms with E-state index in [1.807, 2.05) is 30.3 Å². The summed E-state index contributed by atoms with van der Waals surface area (Å²) in [5.74, 6) is -0.0705. The Morgan fingerprint density at radius 2 is 1.45 bits per heavy atom. The molecule has 1 atom stereocenters. The van der Waals surface area contributed by atoms with Crippen LogP contribution in [0.15, 0.2) is 54.6 Å². The highest BCUT2D eigenvalue weighted by Crippen LogP contribution is 2.25. The molecule has 0 saturated carbocycles. The molecule has 1 amide bonds. The van der Waals surface area contributed by atoms with Crippen LogP contribution in [0.5, 0.6) is 0 Å². The van der Waals surface area contributed by atoms with Gasteiger partial charge in [0.05, 0.1) is 30.7 Å². The molecule has 33 heavy (non-hydrogen) atoms. The fraction of sp³-hybridized carbons (Fsp3) is 0.435. The van der Waals surface area contributed by atoms with E-state index in [-0.39, 0.29) is 24.1 Å². The van der Waals surface area contributed by atoms with E-state index in [1.165, 1.54) is 25.0 Å². The lowest BCUT2D eigenvalue weighted by Gasteiger charge is -2.32. The number of hydrogen-bond donors (Lipinski definition) is 0. The number of rotatable bonds is 9. The number of likely N-dealkylation sites (N-methyl/N-ethyl adjacent to an activating group) is 1. The highest BCUT2D eigenvalue weighted by atomic mass is 32.3. The molecule has 0 bridgehead atoms. The fourth-order valence-corrected chi connectivity index (χ4v) is 7.15. The molecule has 1 aliphatic rings. The van der Waals surface area contributed by atoms with Crippen LogP contribution in [0.3, 0.4) is 0 Å². The highest BCUT2D eigenvalue weighted by molar-refractivity contribution is 8.09. The second-order valence-electron chi connectivity index (χ2n) is 8.51. The smallest absolute Gasteiger partial charge is 0.245 e. The minimum Gasteiger partial charge on any atom is -0.337 e. The average molecular weight is 494 g/mol. The van der Waals surface area contributed by atoms with E-state index in [4.69, 9.17) is 0 Å². The minimum atomic E-state index is -4.01. The quantitative estimate of drug-likeness (QED) is 0.532. The standard InChI is InChI=1S/C23H31N3O5S2/c1-24(22(18-25-15-7-8-16-25)20-9-5-4-6-10-20)23(27)17-19-11-13-21(14-12-19)26(32(2,28)29)33(3,30)31/h4-6,9-14,22H,7-8,15-18H2,1-3H3/t22-/m1/s1. The third-order valence-corrected chi connectivity index (χ3v) is 9.03. The van der Waals surface area contributed by atoms with Crippen molar-refractivity contribution in [3.05, 3.63) is 65.7 Å². The van der Waals surface area contributed by atoms with E-state index < -0.39 is 20.0 Å². The van der Waals surface area contributed by atoms with Gasteiger partial charge in [0, 0.05) is 13.6 Å². The van der Waals surface area contributed by atoms with Crippen molar-refractivity contribution in [1.29, 1.82) is 0 Å². The monoisotopic (exact) mass is 493 g/mol. The Balaban J connectivity index is 1.77. The van der Waals surface area contributed by atoms with Crippen LogP contribution in [0.1, 0.15) is 30.0 Å². The van der Waals surface area contributed by atoms with Crippen molar-refractivity contribution in [3.63, 3.8) is 0 Å². The molecule has 0 N–H and O–H groups in total. The molecular weight excluding hydrogens is 462 g/mol. The third-order valence-electron chi connectivity index (χ3n) is 5.78. The van der Waals surface area contributed by atoms with Crippen LogP contribution in [-0.4, -0.2) is 71.7 Å². The van der Waals surface area contributed by atoms with Crippen LogP contribution in [0.25, 0.3) is 0 Å². The number of hydrogen-bond acceptors (Lipinski definition) is 6. The van der Waals surface area contributed by atoms with Crippen LogP contribution in [0.4, 0.5) is 5.69 Å². The fourth-order valence-electron chi connectivity index (χ4n) is 4.17. The summed E-state index contributed by atoms with van der Waals surface area (Å²) in [5.41, 5.74) is 1.76. The zero-order valence-corrected chi connectivity index (χ0v) is 20.8. The van der Waals surface area contributed by atoms with Gasteiger partial charge < -0.3 is 9.80 Å². The van der Waals surface area contributed by atoms with Crippen molar-refractivity contribution in [2.45, 2.75) is 25.3 Å². The first-order valence-electron chi connectivity index (χ1n) is 10.8. The Morgan fingerprint density at radius 1 is 0.909 bits per heavy atom. The summed E-state index contributed by atoms with van der Waals surface area (Å²) >= 11 is 0. The molecule has 1 fully saturated rings. The second-order valence-corrected chi connectivity index (χ2v) is 12.4. The Kier molecular flexibility index (Phi) is 7.81. The van der Waals surface area contributed by atoms with Crippen molar-refractivity contribution in [3.8, 4) is 0 Å². The Bertz CT molecular complexity index is 1130. The molecule has 10 heteroatoms. The van der Waals surface area contributed by atoms with E-state index in [2.05, 4.69) is 4.90 Å². The predicted octanol–water partition coefficient (Wildman–Crippen LogP) is 2.25. The Hall–Kier alpha value is -2.43. The lowest BCUT2D eigenvalue weighted by atomic mass is 10.0. The van der Waals surface area contributed by atoms with E-state index in [9.17, 15) is 21.6 Å². The van der Waals surface area contributed by atoms with Gasteiger partial charge in [0.25, 0.3) is 0 Å². The molecule has 1 heterocycles. The maximum Gasteiger partial charge on any atom is 0.245 e. The maximum absolute atomic E-state index is 13.1. The van der Waals surface area contributed by atoms with Gasteiger partial charge in [-0.3, -0.25) is 4.79 Å². The van der Waals surface area contributed by atoms with Crippen LogP contribution in [0.2, 0.25) is 0 Å². The molecule has 0 aromatic heterocycles. The summed E-state index contributed by atoms with van der Waals surface area (Å²) in [7, 11) is -6.22. The maximum atomic E-state index is 13.1. The first-order chi connectivity index (χ1) is 15.5. The normalized spacial score (nSPS) is 15.8. The van der Waals surface area contributed by atoms with Crippen molar-refractivity contribution in [2.24, 2.45) is 0 Å². The molecule has 0 unspecified atom stereocenters. The summed E-state index contributed by atoms with van der Waals surface area (Å²) in [4.78, 5) is 17.3. The molecule has 8 nitrogen and oxygen atoms in total. The van der Waals surface area contributed by atoms with E-state index in [0.29, 0.717) is 9.27 Å². The second kappa shape index (κ2) is 10.2. The lowest BCUT2D eigenvalue weighted by molar-refractivity contribution is -0.131. The molecule has 0 spiro atoms. The number of benzene rings is 2. The number of anilines is 1. The van der Waals surface area contributed by atoms with Gasteiger partial charge in [0.1, 0.15) is 0 Å². The molecule has 180 valence electrons. The molecule has 1 saturated heterocycles. The zero-order valence-electron chi connectivity index (χ0n) is 19.2. The number of likely N-dealkylation sites (tertiary alicyclic amines) is 1. The molecular formula is C23H31N3O5S2. The summed E-state index contributed by atoms with van der Waals surface area (Å²) in [6.07, 6.45) is 4.14. The highest BCUT2D eigenvalue weighted by Gasteiger charge is 2.28. The molecule has 2 aromatic carbocycles. The van der Waals surface area contributed by atoms with Gasteiger partial charge in [-0.1, -0.05) is 42.5 Å². The van der Waals surface area contributed by atoms with Gasteiger partial charge in [-0.05, 0) is 49.2 Å². The summed E-state index contributed by atoms with van der Waals surface area (Å²) in [5, 5.41) is 0. The molecule has 0 aliphatic carbocycles. The average Bonchev–Trinajstić information content (AvgIpc) is 3.25. The predicted molar refractivity (Wildman–Crippen MR) is 130 cm³/mol. The first kappa shape index (κ1) is 25.2. The van der Waals surface area contributed by atoms with Crippen LogP contribution >= 0.6 is 0 Å². The largest absolute Gasteiger partial charge is 0.337 e. The van der Waals surface area contributed by atoms with Crippen LogP contribution in [0, 0.1) is 0 Å². The Morgan fingerprint density at radius 3 is 1.97 bits per heavy atom. The van der Waals surface area contributed by atoms with Crippen molar-refractivity contribution in [1.82, 2.24) is 9.80 Å². The van der Waals surface area contributed by atoms with E-state index in [1.54, 1.807) is 24.1 Å². The summed E-state index contributed by atoms with van der Waals surface area (Å²) < 4.78 is 48.2. The SMILES string of the molecule is CN(C(=O)Cc1ccc(N(S(C)(=O)=O)S(C)(=O)=O)cc1)[C@H](CN1CCCC1)c1ccccc1. The molecule has 0 radical (unpaired) electrons. The minimum absolute atomic E-state index is 0.0146. The van der Waals surface area contributed by atoms with Gasteiger partial charge >= 0.3 is 0 Å². The Labute approximate surface area is 196 Å².